The van der Waals surface area contributed by atoms with Gasteiger partial charge in [0.25, 0.3) is 0 Å². The van der Waals surface area contributed by atoms with Crippen molar-refractivity contribution in [1.29, 1.82) is 0 Å². The van der Waals surface area contributed by atoms with Gasteiger partial charge in [-0.1, -0.05) is 19.9 Å². The van der Waals surface area contributed by atoms with Gasteiger partial charge in [-0.05, 0) is 66.6 Å². The van der Waals surface area contributed by atoms with Crippen LogP contribution in [0.2, 0.25) is 0 Å². The maximum absolute atomic E-state index is 14.9. The summed E-state index contributed by atoms with van der Waals surface area (Å²) in [4.78, 5) is 2.35. The van der Waals surface area contributed by atoms with E-state index in [1.54, 1.807) is 6.07 Å². The molecule has 1 heterocycles. The summed E-state index contributed by atoms with van der Waals surface area (Å²) in [6.07, 6.45) is 1.91. The van der Waals surface area contributed by atoms with Crippen LogP contribution in [0.25, 0.3) is 11.1 Å². The van der Waals surface area contributed by atoms with E-state index >= 15 is 0 Å². The maximum Gasteiger partial charge on any atom is 0.129 e. The highest BCUT2D eigenvalue weighted by Crippen LogP contribution is 2.37. The van der Waals surface area contributed by atoms with Crippen LogP contribution >= 0.6 is 0 Å². The molecule has 0 saturated heterocycles. The zero-order chi connectivity index (χ0) is 17.3. The van der Waals surface area contributed by atoms with Crippen molar-refractivity contribution in [2.24, 2.45) is 5.92 Å². The fraction of sp³-hybridized carbons (Fsp3) is 0.429. The molecule has 0 fully saturated rings. The zero-order valence-electron chi connectivity index (χ0n) is 15.1. The summed E-state index contributed by atoms with van der Waals surface area (Å²) >= 11 is 0. The normalized spacial score (nSPS) is 16.9. The highest BCUT2D eigenvalue weighted by Gasteiger charge is 2.25. The molecule has 1 aliphatic heterocycles. The smallest absolute Gasteiger partial charge is 0.129 e. The molecule has 0 spiro atoms. The lowest BCUT2D eigenvalue weighted by molar-refractivity contribution is 0.504. The fourth-order valence-electron chi connectivity index (χ4n) is 3.72. The lowest BCUT2D eigenvalue weighted by Crippen LogP contribution is -2.35. The number of hydrogen-bond acceptors (Lipinski definition) is 2. The van der Waals surface area contributed by atoms with Crippen LogP contribution in [0.5, 0.6) is 0 Å². The fourth-order valence-corrected chi connectivity index (χ4v) is 3.72. The molecule has 2 aromatic rings. The second kappa shape index (κ2) is 6.84. The van der Waals surface area contributed by atoms with Gasteiger partial charge in [0.15, 0.2) is 0 Å². The monoisotopic (exact) mass is 326 g/mol. The van der Waals surface area contributed by atoms with Gasteiger partial charge >= 0.3 is 0 Å². The van der Waals surface area contributed by atoms with E-state index in [0.717, 1.165) is 54.0 Å². The van der Waals surface area contributed by atoms with Crippen molar-refractivity contribution >= 4 is 11.4 Å². The Bertz CT molecular complexity index is 739. The van der Waals surface area contributed by atoms with Gasteiger partial charge in [0, 0.05) is 37.1 Å². The lowest BCUT2D eigenvalue weighted by atomic mass is 9.90. The second-order valence-electron chi connectivity index (χ2n) is 6.99. The third-order valence-electron chi connectivity index (χ3n) is 4.93. The molecule has 3 heteroatoms. The van der Waals surface area contributed by atoms with Gasteiger partial charge < -0.3 is 10.2 Å². The molecule has 0 amide bonds. The molecular weight excluding hydrogens is 299 g/mol. The first kappa shape index (κ1) is 16.8. The molecular formula is C21H27FN2. The number of rotatable bonds is 4. The second-order valence-corrected chi connectivity index (χ2v) is 6.99. The van der Waals surface area contributed by atoms with Crippen LogP contribution in [0.3, 0.4) is 0 Å². The topological polar surface area (TPSA) is 15.3 Å². The van der Waals surface area contributed by atoms with Gasteiger partial charge in [-0.2, -0.15) is 0 Å². The van der Waals surface area contributed by atoms with Crippen LogP contribution in [0.1, 0.15) is 31.4 Å². The first-order valence-electron chi connectivity index (χ1n) is 8.89. The van der Waals surface area contributed by atoms with Crippen LogP contribution in [0, 0.1) is 18.7 Å². The number of anilines is 2. The molecule has 1 aliphatic rings. The first-order valence-corrected chi connectivity index (χ1v) is 8.89. The van der Waals surface area contributed by atoms with Crippen molar-refractivity contribution in [3.63, 3.8) is 0 Å². The van der Waals surface area contributed by atoms with Crippen molar-refractivity contribution in [2.75, 3.05) is 30.4 Å². The molecule has 1 unspecified atom stereocenters. The first-order chi connectivity index (χ1) is 11.5. The van der Waals surface area contributed by atoms with Crippen LogP contribution < -0.4 is 10.2 Å². The number of halogens is 1. The van der Waals surface area contributed by atoms with Gasteiger partial charge in [-0.3, -0.25) is 0 Å². The van der Waals surface area contributed by atoms with E-state index in [1.807, 2.05) is 7.05 Å². The van der Waals surface area contributed by atoms with Crippen molar-refractivity contribution in [3.8, 4) is 11.1 Å². The van der Waals surface area contributed by atoms with Gasteiger partial charge in [0.05, 0.1) is 0 Å². The van der Waals surface area contributed by atoms with E-state index in [9.17, 15) is 4.39 Å². The SMILES string of the molecule is CCCN1CC(C)Cc2c(F)cc(-c3cc(NC)ccc3C)cc21. The highest BCUT2D eigenvalue weighted by atomic mass is 19.1. The predicted molar refractivity (Wildman–Crippen MR) is 101 cm³/mol. The summed E-state index contributed by atoms with van der Waals surface area (Å²) in [5.41, 5.74) is 6.25. The Kier molecular flexibility index (Phi) is 4.79. The van der Waals surface area contributed by atoms with E-state index in [-0.39, 0.29) is 5.82 Å². The molecule has 128 valence electrons. The van der Waals surface area contributed by atoms with E-state index in [4.69, 9.17) is 0 Å². The number of benzene rings is 2. The molecule has 1 N–H and O–H groups in total. The average molecular weight is 326 g/mol. The zero-order valence-corrected chi connectivity index (χ0v) is 15.1. The van der Waals surface area contributed by atoms with E-state index in [1.165, 1.54) is 5.56 Å². The number of nitrogens with one attached hydrogen (secondary N) is 1. The Morgan fingerprint density at radius 3 is 2.75 bits per heavy atom. The number of fused-ring (bicyclic) bond motifs is 1. The van der Waals surface area contributed by atoms with Crippen LogP contribution in [-0.4, -0.2) is 20.1 Å². The van der Waals surface area contributed by atoms with Crippen molar-refractivity contribution < 1.29 is 4.39 Å². The Morgan fingerprint density at radius 2 is 2.04 bits per heavy atom. The lowest BCUT2D eigenvalue weighted by Gasteiger charge is -2.35. The van der Waals surface area contributed by atoms with Crippen LogP contribution in [0.4, 0.5) is 15.8 Å². The summed E-state index contributed by atoms with van der Waals surface area (Å²) in [5.74, 6) is 0.433. The Labute approximate surface area is 144 Å². The van der Waals surface area contributed by atoms with Gasteiger partial charge in [0.1, 0.15) is 5.82 Å². The molecule has 0 aliphatic carbocycles. The minimum Gasteiger partial charge on any atom is -0.388 e. The van der Waals surface area contributed by atoms with E-state index in [0.29, 0.717) is 5.92 Å². The largest absolute Gasteiger partial charge is 0.388 e. The molecule has 3 rings (SSSR count). The summed E-state index contributed by atoms with van der Waals surface area (Å²) in [6, 6.07) is 10.1. The molecule has 0 aromatic heterocycles. The molecule has 1 atom stereocenters. The Morgan fingerprint density at radius 1 is 1.25 bits per heavy atom. The highest BCUT2D eigenvalue weighted by molar-refractivity contribution is 5.76. The molecule has 0 saturated carbocycles. The molecule has 0 radical (unpaired) electrons. The minimum atomic E-state index is -0.0654. The number of hydrogen-bond donors (Lipinski definition) is 1. The molecule has 2 nitrogen and oxygen atoms in total. The quantitative estimate of drug-likeness (QED) is 0.825. The third kappa shape index (κ3) is 3.12. The van der Waals surface area contributed by atoms with Crippen molar-refractivity contribution in [1.82, 2.24) is 0 Å². The van der Waals surface area contributed by atoms with E-state index < -0.39 is 0 Å². The van der Waals surface area contributed by atoms with Gasteiger partial charge in [-0.15, -0.1) is 0 Å². The third-order valence-corrected chi connectivity index (χ3v) is 4.93. The summed E-state index contributed by atoms with van der Waals surface area (Å²) in [6.45, 7) is 8.46. The average Bonchev–Trinajstić information content (AvgIpc) is 2.56. The summed E-state index contributed by atoms with van der Waals surface area (Å²) in [7, 11) is 1.91. The van der Waals surface area contributed by atoms with Crippen LogP contribution in [-0.2, 0) is 6.42 Å². The molecule has 24 heavy (non-hydrogen) atoms. The molecule has 2 aromatic carbocycles. The number of aryl methyl sites for hydroxylation is 1. The standard InChI is InChI=1S/C21H27FN2/c1-5-8-24-13-14(2)9-19-20(22)10-16(11-21(19)24)18-12-17(23-4)7-6-15(18)3/h6-7,10-12,14,23H,5,8-9,13H2,1-4H3. The summed E-state index contributed by atoms with van der Waals surface area (Å²) < 4.78 is 14.9. The van der Waals surface area contributed by atoms with Crippen molar-refractivity contribution in [2.45, 2.75) is 33.6 Å². The minimum absolute atomic E-state index is 0.0654. The number of nitrogens with zero attached hydrogens (tertiary/aromatic N) is 1. The maximum atomic E-state index is 14.9. The Balaban J connectivity index is 2.12. The molecule has 0 bridgehead atoms. The van der Waals surface area contributed by atoms with Gasteiger partial charge in [-0.25, -0.2) is 4.39 Å². The van der Waals surface area contributed by atoms with Crippen LogP contribution in [0.15, 0.2) is 30.3 Å². The van der Waals surface area contributed by atoms with Gasteiger partial charge in [0.2, 0.25) is 0 Å². The Hall–Kier alpha value is -2.03. The predicted octanol–water partition coefficient (Wildman–Crippen LogP) is 5.25. The summed E-state index contributed by atoms with van der Waals surface area (Å²) in [5, 5.41) is 3.17. The van der Waals surface area contributed by atoms with Crippen molar-refractivity contribution in [3.05, 3.63) is 47.3 Å². The van der Waals surface area contributed by atoms with E-state index in [2.05, 4.69) is 55.3 Å².